The lowest BCUT2D eigenvalue weighted by atomic mass is 10.1. The van der Waals surface area contributed by atoms with E-state index in [4.69, 9.17) is 0 Å². The van der Waals surface area contributed by atoms with Gasteiger partial charge in [-0.3, -0.25) is 4.79 Å². The molecule has 1 aromatic rings. The molecule has 0 aliphatic heterocycles. The van der Waals surface area contributed by atoms with Crippen LogP contribution in [0.4, 0.5) is 0 Å². The summed E-state index contributed by atoms with van der Waals surface area (Å²) < 4.78 is 0. The minimum atomic E-state index is -0.132. The normalized spacial score (nSPS) is 12.2. The molecule has 0 aliphatic carbocycles. The van der Waals surface area contributed by atoms with E-state index in [0.717, 1.165) is 11.3 Å². The van der Waals surface area contributed by atoms with Gasteiger partial charge in [0.1, 0.15) is 5.75 Å². The summed E-state index contributed by atoms with van der Waals surface area (Å²) in [6, 6.07) is 5.39. The number of para-hydroxylation sites is 1. The first-order valence-electron chi connectivity index (χ1n) is 5.53. The number of rotatable bonds is 4. The predicted octanol–water partition coefficient (Wildman–Crippen LogP) is 2.52. The van der Waals surface area contributed by atoms with E-state index < -0.39 is 0 Å². The third kappa shape index (κ3) is 3.16. The number of carbonyl (C=O) groups is 1. The first kappa shape index (κ1) is 13.9. The van der Waals surface area contributed by atoms with Gasteiger partial charge in [-0.1, -0.05) is 12.1 Å². The van der Waals surface area contributed by atoms with Gasteiger partial charge in [0.2, 0.25) is 0 Å². The molecule has 1 unspecified atom stereocenters. The second kappa shape index (κ2) is 5.96. The van der Waals surface area contributed by atoms with Crippen molar-refractivity contribution < 1.29 is 9.90 Å². The summed E-state index contributed by atoms with van der Waals surface area (Å²) in [4.78, 5) is 13.9. The minimum absolute atomic E-state index is 0.0840. The van der Waals surface area contributed by atoms with E-state index in [-0.39, 0.29) is 17.7 Å². The van der Waals surface area contributed by atoms with Crippen LogP contribution in [-0.4, -0.2) is 41.0 Å². The lowest BCUT2D eigenvalue weighted by Crippen LogP contribution is -2.36. The summed E-state index contributed by atoms with van der Waals surface area (Å²) >= 11 is 1.70. The van der Waals surface area contributed by atoms with Gasteiger partial charge >= 0.3 is 0 Å². The number of phenols is 1. The lowest BCUT2D eigenvalue weighted by molar-refractivity contribution is 0.0754. The maximum atomic E-state index is 12.2. The maximum Gasteiger partial charge on any atom is 0.257 e. The molecule has 3 nitrogen and oxygen atoms in total. The molecule has 17 heavy (non-hydrogen) atoms. The van der Waals surface area contributed by atoms with Gasteiger partial charge in [0.25, 0.3) is 5.91 Å². The van der Waals surface area contributed by atoms with Gasteiger partial charge in [-0.25, -0.2) is 0 Å². The van der Waals surface area contributed by atoms with Crippen LogP contribution in [0.25, 0.3) is 0 Å². The Bertz CT molecular complexity index is 406. The Labute approximate surface area is 107 Å². The van der Waals surface area contributed by atoms with Crippen LogP contribution in [0.3, 0.4) is 0 Å². The molecule has 0 aromatic heterocycles. The molecule has 1 aromatic carbocycles. The number of thioether (sulfide) groups is 1. The van der Waals surface area contributed by atoms with Crippen LogP contribution in [0, 0.1) is 6.92 Å². The SMILES string of the molecule is CSCC(C)N(C)C(=O)c1cccc(C)c1O. The molecule has 94 valence electrons. The fraction of sp³-hybridized carbons (Fsp3) is 0.462. The standard InChI is InChI=1S/C13H19NO2S/c1-9-6-5-7-11(12(9)15)13(16)14(3)10(2)8-17-4/h5-7,10,15H,8H2,1-4H3. The highest BCUT2D eigenvalue weighted by molar-refractivity contribution is 7.98. The van der Waals surface area contributed by atoms with Gasteiger partial charge in [0, 0.05) is 18.8 Å². The number of aromatic hydroxyl groups is 1. The average molecular weight is 253 g/mol. The molecule has 1 atom stereocenters. The zero-order valence-corrected chi connectivity index (χ0v) is 11.5. The summed E-state index contributed by atoms with van der Waals surface area (Å²) in [6.45, 7) is 3.79. The van der Waals surface area contributed by atoms with Crippen LogP contribution >= 0.6 is 11.8 Å². The number of phenolic OH excluding ortho intramolecular Hbond substituents is 1. The van der Waals surface area contributed by atoms with E-state index in [0.29, 0.717) is 5.56 Å². The number of aryl methyl sites for hydroxylation is 1. The number of hydrogen-bond donors (Lipinski definition) is 1. The monoisotopic (exact) mass is 253 g/mol. The Balaban J connectivity index is 2.93. The van der Waals surface area contributed by atoms with Crippen molar-refractivity contribution in [2.75, 3.05) is 19.1 Å². The smallest absolute Gasteiger partial charge is 0.257 e. The molecule has 4 heteroatoms. The van der Waals surface area contributed by atoms with Crippen LogP contribution < -0.4 is 0 Å². The molecule has 0 saturated carbocycles. The lowest BCUT2D eigenvalue weighted by Gasteiger charge is -2.24. The van der Waals surface area contributed by atoms with Crippen LogP contribution in [0.15, 0.2) is 18.2 Å². The molecule has 0 spiro atoms. The summed E-state index contributed by atoms with van der Waals surface area (Å²) in [6.07, 6.45) is 2.01. The maximum absolute atomic E-state index is 12.2. The van der Waals surface area contributed by atoms with E-state index in [2.05, 4.69) is 0 Å². The quantitative estimate of drug-likeness (QED) is 0.896. The van der Waals surface area contributed by atoms with Crippen molar-refractivity contribution in [2.45, 2.75) is 19.9 Å². The number of amides is 1. The molecule has 0 radical (unpaired) electrons. The van der Waals surface area contributed by atoms with Crippen molar-refractivity contribution >= 4 is 17.7 Å². The van der Waals surface area contributed by atoms with Gasteiger partial charge < -0.3 is 10.0 Å². The van der Waals surface area contributed by atoms with Crippen LogP contribution in [-0.2, 0) is 0 Å². The molecular weight excluding hydrogens is 234 g/mol. The summed E-state index contributed by atoms with van der Waals surface area (Å²) in [5.74, 6) is 0.836. The van der Waals surface area contributed by atoms with E-state index in [1.807, 2.05) is 13.2 Å². The van der Waals surface area contributed by atoms with Crippen molar-refractivity contribution in [1.29, 1.82) is 0 Å². The van der Waals surface area contributed by atoms with E-state index >= 15 is 0 Å². The Morgan fingerprint density at radius 3 is 2.76 bits per heavy atom. The molecule has 1 N–H and O–H groups in total. The van der Waals surface area contributed by atoms with Crippen LogP contribution in [0.2, 0.25) is 0 Å². The number of carbonyl (C=O) groups excluding carboxylic acids is 1. The Morgan fingerprint density at radius 2 is 2.18 bits per heavy atom. The third-order valence-corrected chi connectivity index (χ3v) is 3.67. The Hall–Kier alpha value is -1.16. The molecular formula is C13H19NO2S. The molecule has 1 rings (SSSR count). The minimum Gasteiger partial charge on any atom is -0.507 e. The molecule has 1 amide bonds. The van der Waals surface area contributed by atoms with Gasteiger partial charge in [-0.05, 0) is 31.7 Å². The van der Waals surface area contributed by atoms with Crippen molar-refractivity contribution in [3.63, 3.8) is 0 Å². The fourth-order valence-electron chi connectivity index (χ4n) is 1.57. The molecule has 0 bridgehead atoms. The molecule has 0 aliphatic rings. The van der Waals surface area contributed by atoms with Gasteiger partial charge in [-0.15, -0.1) is 0 Å². The second-order valence-corrected chi connectivity index (χ2v) is 5.10. The number of benzene rings is 1. The summed E-state index contributed by atoms with van der Waals surface area (Å²) in [5.41, 5.74) is 1.10. The zero-order chi connectivity index (χ0) is 13.0. The third-order valence-electron chi connectivity index (χ3n) is 2.86. The first-order valence-corrected chi connectivity index (χ1v) is 6.93. The first-order chi connectivity index (χ1) is 7.99. The zero-order valence-electron chi connectivity index (χ0n) is 10.7. The fourth-order valence-corrected chi connectivity index (χ4v) is 2.28. The highest BCUT2D eigenvalue weighted by Gasteiger charge is 2.20. The van der Waals surface area contributed by atoms with Crippen LogP contribution in [0.5, 0.6) is 5.75 Å². The topological polar surface area (TPSA) is 40.5 Å². The van der Waals surface area contributed by atoms with Crippen molar-refractivity contribution in [2.24, 2.45) is 0 Å². The van der Waals surface area contributed by atoms with E-state index in [9.17, 15) is 9.90 Å². The van der Waals surface area contributed by atoms with E-state index in [1.165, 1.54) is 0 Å². The number of hydrogen-bond acceptors (Lipinski definition) is 3. The highest BCUT2D eigenvalue weighted by atomic mass is 32.2. The van der Waals surface area contributed by atoms with Gasteiger partial charge in [-0.2, -0.15) is 11.8 Å². The second-order valence-electron chi connectivity index (χ2n) is 4.19. The summed E-state index contributed by atoms with van der Waals surface area (Å²) in [7, 11) is 1.77. The van der Waals surface area contributed by atoms with Gasteiger partial charge in [0.15, 0.2) is 0 Å². The largest absolute Gasteiger partial charge is 0.507 e. The molecule has 0 fully saturated rings. The Morgan fingerprint density at radius 1 is 1.53 bits per heavy atom. The number of nitrogens with zero attached hydrogens (tertiary/aromatic N) is 1. The van der Waals surface area contributed by atoms with Gasteiger partial charge in [0.05, 0.1) is 5.56 Å². The van der Waals surface area contributed by atoms with E-state index in [1.54, 1.807) is 48.8 Å². The molecule has 0 saturated heterocycles. The van der Waals surface area contributed by atoms with Crippen molar-refractivity contribution in [3.05, 3.63) is 29.3 Å². The van der Waals surface area contributed by atoms with Crippen molar-refractivity contribution in [1.82, 2.24) is 4.90 Å². The summed E-state index contributed by atoms with van der Waals surface area (Å²) in [5, 5.41) is 9.88. The molecule has 0 heterocycles. The van der Waals surface area contributed by atoms with Crippen molar-refractivity contribution in [3.8, 4) is 5.75 Å². The predicted molar refractivity (Wildman–Crippen MR) is 72.8 cm³/mol. The Kier molecular flexibility index (Phi) is 4.87. The van der Waals surface area contributed by atoms with Crippen LogP contribution in [0.1, 0.15) is 22.8 Å². The highest BCUT2D eigenvalue weighted by Crippen LogP contribution is 2.23. The average Bonchev–Trinajstić information content (AvgIpc) is 2.31.